The van der Waals surface area contributed by atoms with E-state index >= 15 is 0 Å². The fourth-order valence-electron chi connectivity index (χ4n) is 1.55. The molecule has 98 valence electrons. The van der Waals surface area contributed by atoms with Crippen LogP contribution in [0, 0.1) is 6.92 Å². The summed E-state index contributed by atoms with van der Waals surface area (Å²) in [5.41, 5.74) is 1.62. The highest BCUT2D eigenvalue weighted by Crippen LogP contribution is 2.23. The Labute approximate surface area is 110 Å². The molecule has 2 heterocycles. The van der Waals surface area contributed by atoms with Crippen LogP contribution >= 0.6 is 0 Å². The Hall–Kier alpha value is -2.50. The van der Waals surface area contributed by atoms with E-state index in [2.05, 4.69) is 15.2 Å². The van der Waals surface area contributed by atoms with Crippen molar-refractivity contribution < 1.29 is 14.6 Å². The fraction of sp³-hybridized carbons (Fsp3) is 0.231. The lowest BCUT2D eigenvalue weighted by molar-refractivity contribution is 0.0689. The van der Waals surface area contributed by atoms with Gasteiger partial charge in [0.2, 0.25) is 5.88 Å². The van der Waals surface area contributed by atoms with Gasteiger partial charge < -0.3 is 9.84 Å². The first kappa shape index (κ1) is 12.9. The van der Waals surface area contributed by atoms with Crippen molar-refractivity contribution in [1.29, 1.82) is 0 Å². The number of aromatic carboxylic acids is 1. The number of aryl methyl sites for hydroxylation is 2. The lowest BCUT2D eigenvalue weighted by atomic mass is 10.2. The Balaban J connectivity index is 2.23. The van der Waals surface area contributed by atoms with Gasteiger partial charge in [-0.1, -0.05) is 6.92 Å². The molecule has 6 heteroatoms. The fourth-order valence-corrected chi connectivity index (χ4v) is 1.55. The van der Waals surface area contributed by atoms with E-state index in [0.717, 1.165) is 17.8 Å². The second kappa shape index (κ2) is 5.43. The molecule has 2 aromatic rings. The third kappa shape index (κ3) is 3.04. The molecule has 2 aromatic heterocycles. The predicted octanol–water partition coefficient (Wildman–Crippen LogP) is 2.23. The van der Waals surface area contributed by atoms with Gasteiger partial charge in [0.05, 0.1) is 5.69 Å². The van der Waals surface area contributed by atoms with Gasteiger partial charge in [0.15, 0.2) is 11.4 Å². The average molecular weight is 259 g/mol. The SMILES string of the molecule is CCc1nc(C)ccc1Oc1ccc(C(=O)O)nn1. The van der Waals surface area contributed by atoms with Crippen molar-refractivity contribution in [2.24, 2.45) is 0 Å². The Morgan fingerprint density at radius 3 is 2.63 bits per heavy atom. The van der Waals surface area contributed by atoms with Crippen LogP contribution in [0.2, 0.25) is 0 Å². The summed E-state index contributed by atoms with van der Waals surface area (Å²) in [6.45, 7) is 3.89. The molecule has 0 radical (unpaired) electrons. The summed E-state index contributed by atoms with van der Waals surface area (Å²) in [6.07, 6.45) is 0.734. The molecule has 0 fully saturated rings. The molecule has 2 rings (SSSR count). The van der Waals surface area contributed by atoms with Gasteiger partial charge in [-0.25, -0.2) is 4.79 Å². The van der Waals surface area contributed by atoms with Crippen LogP contribution in [0.25, 0.3) is 0 Å². The van der Waals surface area contributed by atoms with Gasteiger partial charge in [-0.2, -0.15) is 0 Å². The van der Waals surface area contributed by atoms with E-state index in [1.807, 2.05) is 26.0 Å². The second-order valence-corrected chi connectivity index (χ2v) is 3.92. The van der Waals surface area contributed by atoms with Crippen LogP contribution in [-0.4, -0.2) is 26.3 Å². The molecule has 0 spiro atoms. The maximum atomic E-state index is 10.7. The number of aromatic nitrogens is 3. The van der Waals surface area contributed by atoms with E-state index in [1.54, 1.807) is 0 Å². The van der Waals surface area contributed by atoms with Crippen LogP contribution in [0.4, 0.5) is 0 Å². The van der Waals surface area contributed by atoms with Crippen LogP contribution in [0.1, 0.15) is 28.8 Å². The Morgan fingerprint density at radius 2 is 2.05 bits per heavy atom. The molecular formula is C13H13N3O3. The number of nitrogens with zero attached hydrogens (tertiary/aromatic N) is 3. The minimum atomic E-state index is -1.12. The van der Waals surface area contributed by atoms with Gasteiger partial charge in [0.25, 0.3) is 0 Å². The normalized spacial score (nSPS) is 10.2. The molecule has 0 aromatic carbocycles. The second-order valence-electron chi connectivity index (χ2n) is 3.92. The zero-order valence-corrected chi connectivity index (χ0v) is 10.6. The first-order valence-corrected chi connectivity index (χ1v) is 5.81. The Kier molecular flexibility index (Phi) is 3.70. The number of rotatable bonds is 4. The predicted molar refractivity (Wildman–Crippen MR) is 67.4 cm³/mol. The Bertz CT molecular complexity index is 597. The molecular weight excluding hydrogens is 246 g/mol. The zero-order chi connectivity index (χ0) is 13.8. The quantitative estimate of drug-likeness (QED) is 0.906. The molecule has 0 saturated heterocycles. The van der Waals surface area contributed by atoms with Crippen molar-refractivity contribution in [2.45, 2.75) is 20.3 Å². The largest absolute Gasteiger partial charge is 0.476 e. The first-order valence-electron chi connectivity index (χ1n) is 5.81. The topological polar surface area (TPSA) is 85.2 Å². The molecule has 19 heavy (non-hydrogen) atoms. The van der Waals surface area contributed by atoms with Crippen LogP contribution in [0.15, 0.2) is 24.3 Å². The van der Waals surface area contributed by atoms with Crippen LogP contribution in [0.5, 0.6) is 11.6 Å². The van der Waals surface area contributed by atoms with Crippen LogP contribution in [-0.2, 0) is 6.42 Å². The van der Waals surface area contributed by atoms with Gasteiger partial charge in [0, 0.05) is 11.8 Å². The van der Waals surface area contributed by atoms with Gasteiger partial charge in [-0.05, 0) is 31.5 Å². The third-order valence-corrected chi connectivity index (χ3v) is 2.48. The lowest BCUT2D eigenvalue weighted by Gasteiger charge is -2.08. The summed E-state index contributed by atoms with van der Waals surface area (Å²) in [4.78, 5) is 15.0. The molecule has 0 amide bonds. The molecule has 0 bridgehead atoms. The molecule has 0 aliphatic carbocycles. The zero-order valence-electron chi connectivity index (χ0n) is 10.6. The highest BCUT2D eigenvalue weighted by Gasteiger charge is 2.09. The van der Waals surface area contributed by atoms with Gasteiger partial charge in [0.1, 0.15) is 0 Å². The molecule has 0 atom stereocenters. The molecule has 0 aliphatic heterocycles. The summed E-state index contributed by atoms with van der Waals surface area (Å²) in [6, 6.07) is 6.47. The lowest BCUT2D eigenvalue weighted by Crippen LogP contribution is -2.03. The summed E-state index contributed by atoms with van der Waals surface area (Å²) in [5.74, 6) is -0.277. The summed E-state index contributed by atoms with van der Waals surface area (Å²) < 4.78 is 5.56. The standard InChI is InChI=1S/C13H13N3O3/c1-3-9-11(6-4-8(2)14-9)19-12-7-5-10(13(17)18)15-16-12/h4-7H,3H2,1-2H3,(H,17,18). The number of hydrogen-bond acceptors (Lipinski definition) is 5. The number of hydrogen-bond donors (Lipinski definition) is 1. The maximum absolute atomic E-state index is 10.7. The number of ether oxygens (including phenoxy) is 1. The van der Waals surface area contributed by atoms with Crippen molar-refractivity contribution in [1.82, 2.24) is 15.2 Å². The van der Waals surface area contributed by atoms with Crippen molar-refractivity contribution in [3.8, 4) is 11.6 Å². The average Bonchev–Trinajstić information content (AvgIpc) is 2.41. The minimum Gasteiger partial charge on any atom is -0.476 e. The van der Waals surface area contributed by atoms with E-state index in [4.69, 9.17) is 9.84 Å². The molecule has 6 nitrogen and oxygen atoms in total. The molecule has 1 N–H and O–H groups in total. The summed E-state index contributed by atoms with van der Waals surface area (Å²) in [7, 11) is 0. The molecule has 0 unspecified atom stereocenters. The maximum Gasteiger partial charge on any atom is 0.356 e. The number of carboxylic acid groups (broad SMARTS) is 1. The van der Waals surface area contributed by atoms with Crippen molar-refractivity contribution in [3.05, 3.63) is 41.3 Å². The smallest absolute Gasteiger partial charge is 0.356 e. The highest BCUT2D eigenvalue weighted by atomic mass is 16.5. The van der Waals surface area contributed by atoms with Crippen LogP contribution in [0.3, 0.4) is 0 Å². The van der Waals surface area contributed by atoms with Crippen LogP contribution < -0.4 is 4.74 Å². The van der Waals surface area contributed by atoms with E-state index in [9.17, 15) is 4.79 Å². The third-order valence-electron chi connectivity index (χ3n) is 2.48. The molecule has 0 saturated carbocycles. The van der Waals surface area contributed by atoms with E-state index in [-0.39, 0.29) is 11.6 Å². The highest BCUT2D eigenvalue weighted by molar-refractivity contribution is 5.84. The monoisotopic (exact) mass is 259 g/mol. The van der Waals surface area contributed by atoms with Crippen molar-refractivity contribution in [3.63, 3.8) is 0 Å². The first-order chi connectivity index (χ1) is 9.10. The Morgan fingerprint density at radius 1 is 1.26 bits per heavy atom. The number of carboxylic acids is 1. The number of pyridine rings is 1. The van der Waals surface area contributed by atoms with Crippen molar-refractivity contribution >= 4 is 5.97 Å². The van der Waals surface area contributed by atoms with Gasteiger partial charge in [-0.3, -0.25) is 4.98 Å². The summed E-state index contributed by atoms with van der Waals surface area (Å²) in [5, 5.41) is 16.0. The van der Waals surface area contributed by atoms with E-state index in [1.165, 1.54) is 12.1 Å². The van der Waals surface area contributed by atoms with Gasteiger partial charge in [-0.15, -0.1) is 10.2 Å². The van der Waals surface area contributed by atoms with Gasteiger partial charge >= 0.3 is 5.97 Å². The minimum absolute atomic E-state index is 0.120. The van der Waals surface area contributed by atoms with Crippen molar-refractivity contribution in [2.75, 3.05) is 0 Å². The number of carbonyl (C=O) groups is 1. The van der Waals surface area contributed by atoms with E-state index in [0.29, 0.717) is 5.75 Å². The molecule has 0 aliphatic rings. The van der Waals surface area contributed by atoms with E-state index < -0.39 is 5.97 Å². The summed E-state index contributed by atoms with van der Waals surface area (Å²) >= 11 is 0.